The second-order valence-corrected chi connectivity index (χ2v) is 5.26. The summed E-state index contributed by atoms with van der Waals surface area (Å²) in [5.41, 5.74) is 2.86. The third-order valence-corrected chi connectivity index (χ3v) is 3.38. The molecule has 2 amide bonds. The molecule has 0 saturated carbocycles. The zero-order valence-corrected chi connectivity index (χ0v) is 11.7. The van der Waals surface area contributed by atoms with Gasteiger partial charge in [-0.05, 0) is 30.5 Å². The number of rotatable bonds is 2. The summed E-state index contributed by atoms with van der Waals surface area (Å²) in [6.45, 7) is 6.05. The van der Waals surface area contributed by atoms with E-state index in [-0.39, 0.29) is 17.7 Å². The topological polar surface area (TPSA) is 49.4 Å². The van der Waals surface area contributed by atoms with Crippen molar-refractivity contribution in [3.63, 3.8) is 0 Å². The summed E-state index contributed by atoms with van der Waals surface area (Å²) < 4.78 is 0. The molecule has 19 heavy (non-hydrogen) atoms. The van der Waals surface area contributed by atoms with Crippen molar-refractivity contribution in [1.82, 2.24) is 0 Å². The molecule has 2 rings (SSSR count). The van der Waals surface area contributed by atoms with Crippen LogP contribution in [0.25, 0.3) is 0 Å². The van der Waals surface area contributed by atoms with Gasteiger partial charge in [0.2, 0.25) is 11.8 Å². The highest BCUT2D eigenvalue weighted by Crippen LogP contribution is 2.30. The van der Waals surface area contributed by atoms with Gasteiger partial charge in [-0.15, -0.1) is 0 Å². The third kappa shape index (κ3) is 2.95. The summed E-state index contributed by atoms with van der Waals surface area (Å²) in [7, 11) is 0. The van der Waals surface area contributed by atoms with E-state index in [1.807, 2.05) is 32.0 Å². The Morgan fingerprint density at radius 3 is 2.68 bits per heavy atom. The maximum absolute atomic E-state index is 11.7. The minimum atomic E-state index is -0.0556. The van der Waals surface area contributed by atoms with Gasteiger partial charge in [0.05, 0.1) is 0 Å². The molecule has 4 nitrogen and oxygen atoms in total. The maximum Gasteiger partial charge on any atom is 0.226 e. The van der Waals surface area contributed by atoms with E-state index in [0.29, 0.717) is 0 Å². The van der Waals surface area contributed by atoms with Crippen molar-refractivity contribution < 1.29 is 9.59 Å². The molecular formula is C15H20N2O2. The number of nitrogens with zero attached hydrogens (tertiary/aromatic N) is 1. The fourth-order valence-electron chi connectivity index (χ4n) is 2.27. The van der Waals surface area contributed by atoms with Gasteiger partial charge in [0.25, 0.3) is 0 Å². The van der Waals surface area contributed by atoms with E-state index in [0.717, 1.165) is 30.8 Å². The Hall–Kier alpha value is -1.84. The largest absolute Gasteiger partial charge is 0.326 e. The van der Waals surface area contributed by atoms with E-state index in [4.69, 9.17) is 0 Å². The highest BCUT2D eigenvalue weighted by molar-refractivity contribution is 5.96. The first kappa shape index (κ1) is 13.6. The van der Waals surface area contributed by atoms with E-state index in [2.05, 4.69) is 5.32 Å². The lowest BCUT2D eigenvalue weighted by Crippen LogP contribution is -2.33. The van der Waals surface area contributed by atoms with Crippen LogP contribution in [0, 0.1) is 5.92 Å². The minimum Gasteiger partial charge on any atom is -0.326 e. The predicted octanol–water partition coefficient (Wildman–Crippen LogP) is 2.58. The van der Waals surface area contributed by atoms with Crippen LogP contribution in [-0.4, -0.2) is 18.4 Å². The predicted molar refractivity (Wildman–Crippen MR) is 76.3 cm³/mol. The molecule has 1 aromatic rings. The first-order chi connectivity index (χ1) is 8.99. The molecule has 1 aliphatic heterocycles. The molecule has 1 aliphatic rings. The molecule has 102 valence electrons. The van der Waals surface area contributed by atoms with E-state index in [1.54, 1.807) is 11.8 Å². The quantitative estimate of drug-likeness (QED) is 0.888. The molecule has 0 saturated heterocycles. The smallest absolute Gasteiger partial charge is 0.226 e. The number of amides is 2. The van der Waals surface area contributed by atoms with Crippen molar-refractivity contribution in [1.29, 1.82) is 0 Å². The van der Waals surface area contributed by atoms with Crippen LogP contribution in [0.15, 0.2) is 18.2 Å². The van der Waals surface area contributed by atoms with Gasteiger partial charge in [0.1, 0.15) is 0 Å². The lowest BCUT2D eigenvalue weighted by molar-refractivity contribution is -0.119. The number of fused-ring (bicyclic) bond motifs is 1. The third-order valence-electron chi connectivity index (χ3n) is 3.38. The van der Waals surface area contributed by atoms with Crippen LogP contribution in [0.2, 0.25) is 0 Å². The van der Waals surface area contributed by atoms with Crippen LogP contribution >= 0.6 is 0 Å². The lowest BCUT2D eigenvalue weighted by Gasteiger charge is -2.29. The minimum absolute atomic E-state index is 0.00913. The van der Waals surface area contributed by atoms with Crippen LogP contribution in [0.3, 0.4) is 0 Å². The number of aryl methyl sites for hydroxylation is 1. The number of benzene rings is 1. The molecule has 0 unspecified atom stereocenters. The average molecular weight is 260 g/mol. The van der Waals surface area contributed by atoms with E-state index in [1.165, 1.54) is 5.56 Å². The zero-order valence-electron chi connectivity index (χ0n) is 11.7. The van der Waals surface area contributed by atoms with E-state index in [9.17, 15) is 9.59 Å². The molecule has 0 fully saturated rings. The van der Waals surface area contributed by atoms with Gasteiger partial charge in [-0.1, -0.05) is 19.9 Å². The SMILES string of the molecule is CC(=O)N1CCCc2ccc(NC(=O)C(C)C)cc21. The second-order valence-electron chi connectivity index (χ2n) is 5.26. The van der Waals surface area contributed by atoms with Gasteiger partial charge in [0.15, 0.2) is 0 Å². The Balaban J connectivity index is 2.28. The van der Waals surface area contributed by atoms with E-state index >= 15 is 0 Å². The van der Waals surface area contributed by atoms with Crippen molar-refractivity contribution in [2.24, 2.45) is 5.92 Å². The second kappa shape index (κ2) is 5.43. The maximum atomic E-state index is 11.7. The summed E-state index contributed by atoms with van der Waals surface area (Å²) in [6, 6.07) is 5.80. The van der Waals surface area contributed by atoms with Crippen LogP contribution in [0.1, 0.15) is 32.8 Å². The number of hydrogen-bond acceptors (Lipinski definition) is 2. The van der Waals surface area contributed by atoms with Crippen LogP contribution < -0.4 is 10.2 Å². The Kier molecular flexibility index (Phi) is 3.88. The fraction of sp³-hybridized carbons (Fsp3) is 0.467. The highest BCUT2D eigenvalue weighted by Gasteiger charge is 2.20. The Morgan fingerprint density at radius 2 is 2.05 bits per heavy atom. The van der Waals surface area contributed by atoms with Crippen molar-refractivity contribution in [3.05, 3.63) is 23.8 Å². The van der Waals surface area contributed by atoms with Crippen molar-refractivity contribution in [2.75, 3.05) is 16.8 Å². The molecular weight excluding hydrogens is 240 g/mol. The standard InChI is InChI=1S/C15H20N2O2/c1-10(2)15(19)16-13-7-6-12-5-4-8-17(11(3)18)14(12)9-13/h6-7,9-10H,4-5,8H2,1-3H3,(H,16,19). The lowest BCUT2D eigenvalue weighted by atomic mass is 10.0. The molecule has 0 bridgehead atoms. The molecule has 1 N–H and O–H groups in total. The number of anilines is 2. The van der Waals surface area contributed by atoms with Gasteiger partial charge in [-0.2, -0.15) is 0 Å². The summed E-state index contributed by atoms with van der Waals surface area (Å²) in [5, 5.41) is 2.87. The summed E-state index contributed by atoms with van der Waals surface area (Å²) in [4.78, 5) is 25.1. The van der Waals surface area contributed by atoms with Crippen LogP contribution in [0.5, 0.6) is 0 Å². The number of hydrogen-bond donors (Lipinski definition) is 1. The first-order valence-corrected chi connectivity index (χ1v) is 6.71. The molecule has 0 radical (unpaired) electrons. The summed E-state index contributed by atoms with van der Waals surface area (Å²) in [6.07, 6.45) is 1.97. The molecule has 4 heteroatoms. The fourth-order valence-corrected chi connectivity index (χ4v) is 2.27. The number of nitrogens with one attached hydrogen (secondary N) is 1. The highest BCUT2D eigenvalue weighted by atomic mass is 16.2. The van der Waals surface area contributed by atoms with Crippen molar-refractivity contribution in [3.8, 4) is 0 Å². The monoisotopic (exact) mass is 260 g/mol. The Bertz CT molecular complexity index is 509. The Morgan fingerprint density at radius 1 is 1.32 bits per heavy atom. The van der Waals surface area contributed by atoms with E-state index < -0.39 is 0 Å². The molecule has 1 aromatic carbocycles. The molecule has 1 heterocycles. The van der Waals surface area contributed by atoms with Gasteiger partial charge in [-0.25, -0.2) is 0 Å². The van der Waals surface area contributed by atoms with Crippen LogP contribution in [-0.2, 0) is 16.0 Å². The van der Waals surface area contributed by atoms with Crippen molar-refractivity contribution in [2.45, 2.75) is 33.6 Å². The van der Waals surface area contributed by atoms with Crippen molar-refractivity contribution >= 4 is 23.2 Å². The first-order valence-electron chi connectivity index (χ1n) is 6.71. The average Bonchev–Trinajstić information content (AvgIpc) is 2.37. The molecule has 0 atom stereocenters. The van der Waals surface area contributed by atoms with Gasteiger partial charge in [-0.3, -0.25) is 9.59 Å². The summed E-state index contributed by atoms with van der Waals surface area (Å²) in [5.74, 6) is -0.0154. The molecule has 0 spiro atoms. The van der Waals surface area contributed by atoms with Gasteiger partial charge in [0, 0.05) is 30.8 Å². The summed E-state index contributed by atoms with van der Waals surface area (Å²) >= 11 is 0. The van der Waals surface area contributed by atoms with Crippen LogP contribution in [0.4, 0.5) is 11.4 Å². The van der Waals surface area contributed by atoms with Gasteiger partial charge < -0.3 is 10.2 Å². The number of carbonyl (C=O) groups excluding carboxylic acids is 2. The number of carbonyl (C=O) groups is 2. The van der Waals surface area contributed by atoms with Gasteiger partial charge >= 0.3 is 0 Å². The molecule has 0 aliphatic carbocycles. The Labute approximate surface area is 113 Å². The normalized spacial score (nSPS) is 14.2. The molecule has 0 aromatic heterocycles. The zero-order chi connectivity index (χ0) is 14.0.